The molecule has 0 atom stereocenters. The number of hydrogen-bond donors (Lipinski definition) is 2. The Morgan fingerprint density at radius 1 is 1.11 bits per heavy atom. The molecule has 0 unspecified atom stereocenters. The van der Waals surface area contributed by atoms with E-state index in [9.17, 15) is 0 Å². The van der Waals surface area contributed by atoms with Crippen molar-refractivity contribution in [3.8, 4) is 0 Å². The summed E-state index contributed by atoms with van der Waals surface area (Å²) in [5.41, 5.74) is 3.21. The first-order chi connectivity index (χ1) is 8.63. The Kier molecular flexibility index (Phi) is 4.28. The summed E-state index contributed by atoms with van der Waals surface area (Å²) in [6.07, 6.45) is 3.88. The first-order valence-corrected chi connectivity index (χ1v) is 7.11. The standard InChI is InChI=1S/C16H26N2/c1-13(2)10-14-4-6-15(7-5-14)18-12-16(8-9-16)11-17-3/h4-7,13,17-18H,8-12H2,1-3H3. The first-order valence-electron chi connectivity index (χ1n) is 7.11. The lowest BCUT2D eigenvalue weighted by Crippen LogP contribution is -2.26. The lowest BCUT2D eigenvalue weighted by Gasteiger charge is -2.16. The Hall–Kier alpha value is -1.02. The molecule has 0 heterocycles. The molecule has 2 rings (SSSR count). The molecule has 0 aliphatic heterocycles. The second-order valence-electron chi connectivity index (χ2n) is 6.18. The van der Waals surface area contributed by atoms with Crippen molar-refractivity contribution in [2.75, 3.05) is 25.5 Å². The van der Waals surface area contributed by atoms with Gasteiger partial charge in [0.2, 0.25) is 0 Å². The van der Waals surface area contributed by atoms with Gasteiger partial charge in [-0.2, -0.15) is 0 Å². The zero-order valence-electron chi connectivity index (χ0n) is 11.9. The molecule has 1 aromatic rings. The fourth-order valence-electron chi connectivity index (χ4n) is 2.49. The average molecular weight is 246 g/mol. The van der Waals surface area contributed by atoms with Crippen LogP contribution in [-0.2, 0) is 6.42 Å². The predicted octanol–water partition coefficient (Wildman–Crippen LogP) is 3.30. The molecule has 2 nitrogen and oxygen atoms in total. The molecule has 1 aromatic carbocycles. The van der Waals surface area contributed by atoms with Gasteiger partial charge < -0.3 is 10.6 Å². The van der Waals surface area contributed by atoms with Crippen LogP contribution in [-0.4, -0.2) is 20.1 Å². The lowest BCUT2D eigenvalue weighted by molar-refractivity contribution is 0.507. The van der Waals surface area contributed by atoms with Gasteiger partial charge in [0.1, 0.15) is 0 Å². The molecule has 2 heteroatoms. The van der Waals surface area contributed by atoms with Crippen molar-refractivity contribution in [3.05, 3.63) is 29.8 Å². The van der Waals surface area contributed by atoms with Gasteiger partial charge in [-0.1, -0.05) is 26.0 Å². The third kappa shape index (κ3) is 3.74. The maximum Gasteiger partial charge on any atom is 0.0340 e. The topological polar surface area (TPSA) is 24.1 Å². The molecule has 100 valence electrons. The van der Waals surface area contributed by atoms with E-state index >= 15 is 0 Å². The van der Waals surface area contributed by atoms with Gasteiger partial charge in [-0.3, -0.25) is 0 Å². The first kappa shape index (κ1) is 13.4. The smallest absolute Gasteiger partial charge is 0.0340 e. The molecule has 0 aromatic heterocycles. The summed E-state index contributed by atoms with van der Waals surface area (Å²) in [5.74, 6) is 0.731. The minimum Gasteiger partial charge on any atom is -0.384 e. The third-order valence-electron chi connectivity index (χ3n) is 3.77. The molecule has 1 saturated carbocycles. The highest BCUT2D eigenvalue weighted by Gasteiger charge is 2.41. The Labute approximate surface area is 111 Å². The Balaban J connectivity index is 1.83. The van der Waals surface area contributed by atoms with Gasteiger partial charge in [-0.25, -0.2) is 0 Å². The van der Waals surface area contributed by atoms with Crippen LogP contribution in [0, 0.1) is 11.3 Å². The number of rotatable bonds is 7. The largest absolute Gasteiger partial charge is 0.384 e. The van der Waals surface area contributed by atoms with E-state index in [-0.39, 0.29) is 0 Å². The normalized spacial score (nSPS) is 16.9. The van der Waals surface area contributed by atoms with Gasteiger partial charge in [0, 0.05) is 24.2 Å². The van der Waals surface area contributed by atoms with E-state index in [1.165, 1.54) is 30.5 Å². The third-order valence-corrected chi connectivity index (χ3v) is 3.77. The van der Waals surface area contributed by atoms with Crippen molar-refractivity contribution in [3.63, 3.8) is 0 Å². The second-order valence-corrected chi connectivity index (χ2v) is 6.18. The molecular weight excluding hydrogens is 220 g/mol. The maximum absolute atomic E-state index is 3.57. The second kappa shape index (κ2) is 5.75. The highest BCUT2D eigenvalue weighted by molar-refractivity contribution is 5.45. The highest BCUT2D eigenvalue weighted by Crippen LogP contribution is 2.44. The molecular formula is C16H26N2. The van der Waals surface area contributed by atoms with Crippen molar-refractivity contribution >= 4 is 5.69 Å². The van der Waals surface area contributed by atoms with E-state index < -0.39 is 0 Å². The fourth-order valence-corrected chi connectivity index (χ4v) is 2.49. The number of anilines is 1. The summed E-state index contributed by atoms with van der Waals surface area (Å²) in [6.45, 7) is 6.75. The van der Waals surface area contributed by atoms with Gasteiger partial charge in [-0.05, 0) is 49.9 Å². The van der Waals surface area contributed by atoms with Gasteiger partial charge in [0.25, 0.3) is 0 Å². The van der Waals surface area contributed by atoms with Gasteiger partial charge in [-0.15, -0.1) is 0 Å². The molecule has 1 aliphatic rings. The summed E-state index contributed by atoms with van der Waals surface area (Å²) < 4.78 is 0. The van der Waals surface area contributed by atoms with E-state index in [4.69, 9.17) is 0 Å². The molecule has 1 fully saturated rings. The van der Waals surface area contributed by atoms with Crippen LogP contribution in [0.15, 0.2) is 24.3 Å². The minimum atomic E-state index is 0.519. The Bertz CT molecular complexity index is 363. The Morgan fingerprint density at radius 3 is 2.28 bits per heavy atom. The fraction of sp³-hybridized carbons (Fsp3) is 0.625. The molecule has 18 heavy (non-hydrogen) atoms. The summed E-state index contributed by atoms with van der Waals surface area (Å²) in [6, 6.07) is 8.93. The van der Waals surface area contributed by atoms with Crippen molar-refractivity contribution in [1.82, 2.24) is 5.32 Å². The van der Waals surface area contributed by atoms with Crippen molar-refractivity contribution in [2.24, 2.45) is 11.3 Å². The lowest BCUT2D eigenvalue weighted by atomic mass is 10.0. The van der Waals surface area contributed by atoms with E-state index in [0.717, 1.165) is 19.0 Å². The van der Waals surface area contributed by atoms with Crippen LogP contribution in [0.2, 0.25) is 0 Å². The summed E-state index contributed by atoms with van der Waals surface area (Å²) in [4.78, 5) is 0. The predicted molar refractivity (Wildman–Crippen MR) is 79.1 cm³/mol. The number of nitrogens with one attached hydrogen (secondary N) is 2. The molecule has 0 saturated heterocycles. The zero-order chi connectivity index (χ0) is 13.0. The van der Waals surface area contributed by atoms with Crippen LogP contribution >= 0.6 is 0 Å². The quantitative estimate of drug-likeness (QED) is 0.771. The van der Waals surface area contributed by atoms with E-state index in [2.05, 4.69) is 48.7 Å². The maximum atomic E-state index is 3.57. The monoisotopic (exact) mass is 246 g/mol. The summed E-state index contributed by atoms with van der Waals surface area (Å²) in [7, 11) is 2.04. The molecule has 2 N–H and O–H groups in total. The van der Waals surface area contributed by atoms with Crippen LogP contribution in [0.3, 0.4) is 0 Å². The van der Waals surface area contributed by atoms with Crippen molar-refractivity contribution < 1.29 is 0 Å². The minimum absolute atomic E-state index is 0.519. The summed E-state index contributed by atoms with van der Waals surface area (Å²) >= 11 is 0. The van der Waals surface area contributed by atoms with Crippen LogP contribution in [0.4, 0.5) is 5.69 Å². The molecule has 0 amide bonds. The van der Waals surface area contributed by atoms with Crippen LogP contribution in [0.1, 0.15) is 32.3 Å². The zero-order valence-corrected chi connectivity index (χ0v) is 11.9. The van der Waals surface area contributed by atoms with Crippen LogP contribution < -0.4 is 10.6 Å². The number of hydrogen-bond acceptors (Lipinski definition) is 2. The van der Waals surface area contributed by atoms with Crippen molar-refractivity contribution in [1.29, 1.82) is 0 Å². The van der Waals surface area contributed by atoms with E-state index in [1.54, 1.807) is 0 Å². The van der Waals surface area contributed by atoms with E-state index in [1.807, 2.05) is 7.05 Å². The van der Waals surface area contributed by atoms with Crippen LogP contribution in [0.5, 0.6) is 0 Å². The van der Waals surface area contributed by atoms with Crippen LogP contribution in [0.25, 0.3) is 0 Å². The Morgan fingerprint density at radius 2 is 1.78 bits per heavy atom. The average Bonchev–Trinajstić information content (AvgIpc) is 3.09. The highest BCUT2D eigenvalue weighted by atomic mass is 14.9. The SMILES string of the molecule is CNCC1(CNc2ccc(CC(C)C)cc2)CC1. The summed E-state index contributed by atoms with van der Waals surface area (Å²) in [5, 5.41) is 6.87. The van der Waals surface area contributed by atoms with E-state index in [0.29, 0.717) is 5.41 Å². The molecule has 1 aliphatic carbocycles. The molecule has 0 radical (unpaired) electrons. The van der Waals surface area contributed by atoms with Crippen molar-refractivity contribution in [2.45, 2.75) is 33.1 Å². The molecule has 0 bridgehead atoms. The number of benzene rings is 1. The van der Waals surface area contributed by atoms with Gasteiger partial charge in [0.15, 0.2) is 0 Å². The van der Waals surface area contributed by atoms with Gasteiger partial charge >= 0.3 is 0 Å². The van der Waals surface area contributed by atoms with Gasteiger partial charge in [0.05, 0.1) is 0 Å². The molecule has 0 spiro atoms.